The second kappa shape index (κ2) is 7.20. The molecule has 5 heterocycles. The molecule has 0 bridgehead atoms. The first-order valence-corrected chi connectivity index (χ1v) is 9.50. The second-order valence-corrected chi connectivity index (χ2v) is 6.88. The molecule has 0 aromatic carbocycles. The number of anilines is 1. The van der Waals surface area contributed by atoms with E-state index in [2.05, 4.69) is 30.7 Å². The molecular weight excluding hydrogens is 376 g/mol. The van der Waals surface area contributed by atoms with Gasteiger partial charge in [0, 0.05) is 31.9 Å². The van der Waals surface area contributed by atoms with E-state index in [4.69, 9.17) is 20.0 Å². The standard InChI is InChI=1S/C17H20N10O2/c1-2-27-16-13(15(23-27)10-3-5-28-6-4-10)14(18)11(7-19-16)17-22-21-12(29-17)8-26-9-20-24-25-26/h7,9-10H,2-6,8H2,1H3,(H2,18,19). The van der Waals surface area contributed by atoms with Crippen LogP contribution in [0, 0.1) is 0 Å². The molecule has 1 saturated heterocycles. The first kappa shape index (κ1) is 17.7. The Bertz CT molecular complexity index is 1130. The third-order valence-electron chi connectivity index (χ3n) is 5.12. The highest BCUT2D eigenvalue weighted by molar-refractivity contribution is 5.97. The molecule has 0 unspecified atom stereocenters. The molecule has 0 saturated carbocycles. The minimum atomic E-state index is 0.274. The number of tetrazole rings is 1. The maximum atomic E-state index is 6.58. The van der Waals surface area contributed by atoms with Gasteiger partial charge in [0.2, 0.25) is 5.89 Å². The summed E-state index contributed by atoms with van der Waals surface area (Å²) in [6, 6.07) is 0. The Hall–Kier alpha value is -3.41. The third kappa shape index (κ3) is 3.10. The SMILES string of the molecule is CCn1nc(C2CCOCC2)c2c(N)c(-c3nnc(Cn4cnnn4)o3)cnc21. The monoisotopic (exact) mass is 396 g/mol. The summed E-state index contributed by atoms with van der Waals surface area (Å²) in [7, 11) is 0. The number of pyridine rings is 1. The average molecular weight is 396 g/mol. The van der Waals surface area contributed by atoms with Crippen LogP contribution in [0.1, 0.15) is 37.3 Å². The summed E-state index contributed by atoms with van der Waals surface area (Å²) in [5.41, 5.74) is 9.46. The van der Waals surface area contributed by atoms with Crippen molar-refractivity contribution in [2.24, 2.45) is 0 Å². The molecule has 0 amide bonds. The number of rotatable bonds is 5. The number of aromatic nitrogens is 9. The van der Waals surface area contributed by atoms with Crippen LogP contribution in [-0.2, 0) is 17.8 Å². The van der Waals surface area contributed by atoms with Gasteiger partial charge in [-0.15, -0.1) is 15.3 Å². The van der Waals surface area contributed by atoms with E-state index in [1.54, 1.807) is 6.20 Å². The Morgan fingerprint density at radius 1 is 1.24 bits per heavy atom. The predicted molar refractivity (Wildman–Crippen MR) is 101 cm³/mol. The van der Waals surface area contributed by atoms with Gasteiger partial charge in [0.15, 0.2) is 5.65 Å². The van der Waals surface area contributed by atoms with E-state index in [0.29, 0.717) is 29.6 Å². The van der Waals surface area contributed by atoms with Gasteiger partial charge in [0.1, 0.15) is 12.9 Å². The van der Waals surface area contributed by atoms with Gasteiger partial charge in [-0.25, -0.2) is 14.3 Å². The zero-order valence-electron chi connectivity index (χ0n) is 15.9. The van der Waals surface area contributed by atoms with E-state index >= 15 is 0 Å². The van der Waals surface area contributed by atoms with Crippen molar-refractivity contribution in [2.45, 2.75) is 38.8 Å². The van der Waals surface area contributed by atoms with Crippen molar-refractivity contribution in [3.63, 3.8) is 0 Å². The lowest BCUT2D eigenvalue weighted by atomic mass is 9.94. The van der Waals surface area contributed by atoms with Crippen molar-refractivity contribution in [3.8, 4) is 11.5 Å². The van der Waals surface area contributed by atoms with Crippen LogP contribution < -0.4 is 5.73 Å². The number of aryl methyl sites for hydroxylation is 1. The molecule has 29 heavy (non-hydrogen) atoms. The van der Waals surface area contributed by atoms with Gasteiger partial charge in [0.05, 0.1) is 22.3 Å². The van der Waals surface area contributed by atoms with Crippen LogP contribution in [0.3, 0.4) is 0 Å². The number of fused-ring (bicyclic) bond motifs is 1. The van der Waals surface area contributed by atoms with E-state index < -0.39 is 0 Å². The van der Waals surface area contributed by atoms with Crippen molar-refractivity contribution in [2.75, 3.05) is 18.9 Å². The second-order valence-electron chi connectivity index (χ2n) is 6.88. The molecular formula is C17H20N10O2. The molecule has 0 aliphatic carbocycles. The Labute approximate surface area is 165 Å². The largest absolute Gasteiger partial charge is 0.419 e. The van der Waals surface area contributed by atoms with Crippen LogP contribution in [0.5, 0.6) is 0 Å². The summed E-state index contributed by atoms with van der Waals surface area (Å²) in [4.78, 5) is 4.61. The molecule has 1 aliphatic rings. The lowest BCUT2D eigenvalue weighted by Gasteiger charge is -2.20. The normalized spacial score (nSPS) is 15.3. The molecule has 4 aromatic heterocycles. The quantitative estimate of drug-likeness (QED) is 0.518. The van der Waals surface area contributed by atoms with Gasteiger partial charge < -0.3 is 14.9 Å². The van der Waals surface area contributed by atoms with Crippen molar-refractivity contribution < 1.29 is 9.15 Å². The maximum Gasteiger partial charge on any atom is 0.251 e. The Morgan fingerprint density at radius 3 is 2.86 bits per heavy atom. The van der Waals surface area contributed by atoms with Crippen LogP contribution >= 0.6 is 0 Å². The molecule has 0 atom stereocenters. The van der Waals surface area contributed by atoms with E-state index in [-0.39, 0.29) is 12.5 Å². The van der Waals surface area contributed by atoms with Crippen molar-refractivity contribution in [1.82, 2.24) is 45.2 Å². The minimum Gasteiger partial charge on any atom is -0.419 e. The van der Waals surface area contributed by atoms with E-state index in [1.165, 1.54) is 11.0 Å². The fourth-order valence-corrected chi connectivity index (χ4v) is 3.66. The lowest BCUT2D eigenvalue weighted by Crippen LogP contribution is -2.15. The molecule has 4 aromatic rings. The number of ether oxygens (including phenoxy) is 1. The third-order valence-corrected chi connectivity index (χ3v) is 5.12. The molecule has 5 rings (SSSR count). The minimum absolute atomic E-state index is 0.274. The average Bonchev–Trinajstić information content (AvgIpc) is 3.49. The predicted octanol–water partition coefficient (Wildman–Crippen LogP) is 1.01. The van der Waals surface area contributed by atoms with Crippen LogP contribution in [0.2, 0.25) is 0 Å². The van der Waals surface area contributed by atoms with Crippen molar-refractivity contribution in [1.29, 1.82) is 0 Å². The molecule has 2 N–H and O–H groups in total. The molecule has 1 fully saturated rings. The maximum absolute atomic E-state index is 6.58. The summed E-state index contributed by atoms with van der Waals surface area (Å²) in [5, 5.41) is 24.9. The first-order valence-electron chi connectivity index (χ1n) is 9.50. The molecule has 0 radical (unpaired) electrons. The number of hydrogen-bond acceptors (Lipinski definition) is 10. The number of nitrogens with zero attached hydrogens (tertiary/aromatic N) is 9. The Morgan fingerprint density at radius 2 is 2.10 bits per heavy atom. The summed E-state index contributed by atoms with van der Waals surface area (Å²) in [6.07, 6.45) is 4.96. The topological polar surface area (TPSA) is 148 Å². The smallest absolute Gasteiger partial charge is 0.251 e. The highest BCUT2D eigenvalue weighted by Gasteiger charge is 2.26. The Balaban J connectivity index is 1.56. The molecule has 150 valence electrons. The zero-order chi connectivity index (χ0) is 19.8. The van der Waals surface area contributed by atoms with E-state index in [1.807, 2.05) is 11.6 Å². The van der Waals surface area contributed by atoms with Crippen LogP contribution in [-0.4, -0.2) is 58.4 Å². The van der Waals surface area contributed by atoms with Gasteiger partial charge in [-0.3, -0.25) is 0 Å². The van der Waals surface area contributed by atoms with Gasteiger partial charge in [0.25, 0.3) is 5.89 Å². The fraction of sp³-hybridized carbons (Fsp3) is 0.471. The Kier molecular flexibility index (Phi) is 4.39. The van der Waals surface area contributed by atoms with E-state index in [0.717, 1.165) is 42.8 Å². The zero-order valence-corrected chi connectivity index (χ0v) is 15.9. The molecule has 12 nitrogen and oxygen atoms in total. The number of nitrogen functional groups attached to an aromatic ring is 1. The number of nitrogens with two attached hydrogens (primary N) is 1. The first-order chi connectivity index (χ1) is 14.2. The summed E-state index contributed by atoms with van der Waals surface area (Å²) >= 11 is 0. The highest BCUT2D eigenvalue weighted by atomic mass is 16.5. The van der Waals surface area contributed by atoms with Crippen LogP contribution in [0.4, 0.5) is 5.69 Å². The molecule has 1 aliphatic heterocycles. The van der Waals surface area contributed by atoms with Gasteiger partial charge in [-0.2, -0.15) is 5.10 Å². The molecule has 0 spiro atoms. The summed E-state index contributed by atoms with van der Waals surface area (Å²) in [6.45, 7) is 4.47. The fourth-order valence-electron chi connectivity index (χ4n) is 3.66. The van der Waals surface area contributed by atoms with Crippen LogP contribution in [0.25, 0.3) is 22.5 Å². The van der Waals surface area contributed by atoms with Gasteiger partial charge in [-0.05, 0) is 30.2 Å². The summed E-state index contributed by atoms with van der Waals surface area (Å²) in [5.74, 6) is 0.972. The lowest BCUT2D eigenvalue weighted by molar-refractivity contribution is 0.0846. The van der Waals surface area contributed by atoms with Gasteiger partial charge >= 0.3 is 0 Å². The van der Waals surface area contributed by atoms with E-state index in [9.17, 15) is 0 Å². The van der Waals surface area contributed by atoms with Crippen molar-refractivity contribution >= 4 is 16.7 Å². The highest BCUT2D eigenvalue weighted by Crippen LogP contribution is 2.38. The van der Waals surface area contributed by atoms with Crippen molar-refractivity contribution in [3.05, 3.63) is 24.1 Å². The van der Waals surface area contributed by atoms with Crippen LogP contribution in [0.15, 0.2) is 16.9 Å². The molecule has 12 heteroatoms. The van der Waals surface area contributed by atoms with Gasteiger partial charge in [-0.1, -0.05) is 0 Å². The summed E-state index contributed by atoms with van der Waals surface area (Å²) < 4.78 is 14.7. The number of hydrogen-bond donors (Lipinski definition) is 1.